The fraction of sp³-hybridized carbons (Fsp3) is 0.320. The van der Waals surface area contributed by atoms with Gasteiger partial charge < -0.3 is 5.32 Å². The molecule has 30 heavy (non-hydrogen) atoms. The van der Waals surface area contributed by atoms with Crippen molar-refractivity contribution in [3.8, 4) is 0 Å². The topological polar surface area (TPSA) is 66.5 Å². The summed E-state index contributed by atoms with van der Waals surface area (Å²) in [4.78, 5) is 40.3. The van der Waals surface area contributed by atoms with E-state index < -0.39 is 0 Å². The molecule has 1 saturated heterocycles. The number of imide groups is 1. The summed E-state index contributed by atoms with van der Waals surface area (Å²) in [5, 5.41) is 2.88. The molecule has 2 bridgehead atoms. The van der Waals surface area contributed by atoms with Crippen LogP contribution in [0.5, 0.6) is 0 Å². The van der Waals surface area contributed by atoms with Gasteiger partial charge in [0.25, 0.3) is 5.91 Å². The number of amides is 3. The van der Waals surface area contributed by atoms with Crippen LogP contribution in [0.4, 0.5) is 11.4 Å². The van der Waals surface area contributed by atoms with Crippen molar-refractivity contribution < 1.29 is 14.4 Å². The van der Waals surface area contributed by atoms with Gasteiger partial charge in [-0.1, -0.05) is 24.3 Å². The average Bonchev–Trinajstić information content (AvgIpc) is 3.52. The molecule has 7 rings (SSSR count). The van der Waals surface area contributed by atoms with Crippen LogP contribution in [0.2, 0.25) is 0 Å². The zero-order chi connectivity index (χ0) is 20.6. The standard InChI is InChI=1S/C25H22N2O3/c1-13-3-2-4-15(11-13)26-23(28)14-5-7-16(8-6-14)27-24(29)21-17-9-10-18(20-12-19(17)20)22(21)25(27)30/h2-11,17-22H,12H2,1H3,(H,26,28)/t17-,18-,19-,20-,21-,22+/m1/s1. The summed E-state index contributed by atoms with van der Waals surface area (Å²) < 4.78 is 0. The molecular weight excluding hydrogens is 376 g/mol. The third-order valence-electron chi connectivity index (χ3n) is 7.33. The Hall–Kier alpha value is -3.21. The molecular formula is C25H22N2O3. The van der Waals surface area contributed by atoms with Crippen LogP contribution in [0.25, 0.3) is 0 Å². The maximum Gasteiger partial charge on any atom is 0.255 e. The van der Waals surface area contributed by atoms with Crippen molar-refractivity contribution in [2.45, 2.75) is 13.3 Å². The number of rotatable bonds is 3. The first-order chi connectivity index (χ1) is 14.5. The van der Waals surface area contributed by atoms with Gasteiger partial charge in [0.1, 0.15) is 0 Å². The summed E-state index contributed by atoms with van der Waals surface area (Å²) in [6, 6.07) is 14.4. The number of carbonyl (C=O) groups excluding carboxylic acids is 3. The van der Waals surface area contributed by atoms with Crippen molar-refractivity contribution >= 4 is 29.1 Å². The lowest BCUT2D eigenvalue weighted by atomic mass is 9.63. The van der Waals surface area contributed by atoms with E-state index in [0.717, 1.165) is 17.7 Å². The van der Waals surface area contributed by atoms with Crippen molar-refractivity contribution in [3.05, 3.63) is 71.8 Å². The maximum atomic E-state index is 13.2. The van der Waals surface area contributed by atoms with Crippen molar-refractivity contribution in [1.29, 1.82) is 0 Å². The molecule has 2 saturated carbocycles. The zero-order valence-electron chi connectivity index (χ0n) is 16.6. The molecule has 0 aromatic heterocycles. The fourth-order valence-electron chi connectivity index (χ4n) is 5.90. The van der Waals surface area contributed by atoms with Crippen LogP contribution in [-0.4, -0.2) is 17.7 Å². The molecule has 1 heterocycles. The van der Waals surface area contributed by atoms with Gasteiger partial charge in [-0.15, -0.1) is 0 Å². The number of hydrogen-bond acceptors (Lipinski definition) is 3. The largest absolute Gasteiger partial charge is 0.322 e. The molecule has 3 fully saturated rings. The minimum Gasteiger partial charge on any atom is -0.322 e. The van der Waals surface area contributed by atoms with Crippen LogP contribution in [-0.2, 0) is 9.59 Å². The van der Waals surface area contributed by atoms with Gasteiger partial charge in [-0.2, -0.15) is 0 Å². The molecule has 0 spiro atoms. The highest BCUT2D eigenvalue weighted by Gasteiger charge is 2.67. The lowest BCUT2D eigenvalue weighted by Gasteiger charge is -2.37. The Bertz CT molecular complexity index is 1080. The molecule has 1 aliphatic heterocycles. The predicted molar refractivity (Wildman–Crippen MR) is 113 cm³/mol. The molecule has 6 atom stereocenters. The average molecular weight is 398 g/mol. The summed E-state index contributed by atoms with van der Waals surface area (Å²) in [6.07, 6.45) is 5.50. The Labute approximate surface area is 174 Å². The fourth-order valence-corrected chi connectivity index (χ4v) is 5.90. The molecule has 5 nitrogen and oxygen atoms in total. The normalized spacial score (nSPS) is 32.8. The summed E-state index contributed by atoms with van der Waals surface area (Å²) in [5.74, 6) is 0.814. The number of anilines is 2. The van der Waals surface area contributed by atoms with E-state index in [2.05, 4.69) is 17.5 Å². The van der Waals surface area contributed by atoms with Gasteiger partial charge in [0.2, 0.25) is 11.8 Å². The second-order valence-corrected chi connectivity index (χ2v) is 9.04. The van der Waals surface area contributed by atoms with Gasteiger partial charge in [0, 0.05) is 11.3 Å². The van der Waals surface area contributed by atoms with Gasteiger partial charge in [-0.3, -0.25) is 19.3 Å². The van der Waals surface area contributed by atoms with Crippen LogP contribution in [0.3, 0.4) is 0 Å². The summed E-state index contributed by atoms with van der Waals surface area (Å²) in [7, 11) is 0. The lowest BCUT2D eigenvalue weighted by Crippen LogP contribution is -2.40. The van der Waals surface area contributed by atoms with Crippen LogP contribution in [0.1, 0.15) is 22.3 Å². The number of allylic oxidation sites excluding steroid dienone is 2. The molecule has 2 aromatic carbocycles. The Morgan fingerprint density at radius 2 is 1.57 bits per heavy atom. The molecule has 0 unspecified atom stereocenters. The van der Waals surface area contributed by atoms with Crippen molar-refractivity contribution in [2.24, 2.45) is 35.5 Å². The highest BCUT2D eigenvalue weighted by atomic mass is 16.2. The lowest BCUT2D eigenvalue weighted by molar-refractivity contribution is -0.124. The van der Waals surface area contributed by atoms with E-state index in [9.17, 15) is 14.4 Å². The predicted octanol–water partition coefficient (Wildman–Crippen LogP) is 3.80. The van der Waals surface area contributed by atoms with Crippen LogP contribution >= 0.6 is 0 Å². The second-order valence-electron chi connectivity index (χ2n) is 9.04. The highest BCUT2D eigenvalue weighted by Crippen LogP contribution is 2.65. The molecule has 4 aliphatic carbocycles. The van der Waals surface area contributed by atoms with Crippen LogP contribution in [0, 0.1) is 42.4 Å². The van der Waals surface area contributed by atoms with Crippen molar-refractivity contribution in [1.82, 2.24) is 0 Å². The summed E-state index contributed by atoms with van der Waals surface area (Å²) in [5.41, 5.74) is 2.84. The molecule has 3 amide bonds. The maximum absolute atomic E-state index is 13.2. The first kappa shape index (κ1) is 17.6. The van der Waals surface area contributed by atoms with Gasteiger partial charge in [-0.25, -0.2) is 0 Å². The quantitative estimate of drug-likeness (QED) is 0.632. The van der Waals surface area contributed by atoms with Crippen LogP contribution in [0.15, 0.2) is 60.7 Å². The van der Waals surface area contributed by atoms with E-state index in [-0.39, 0.29) is 41.4 Å². The number of carbonyl (C=O) groups is 3. The van der Waals surface area contributed by atoms with Gasteiger partial charge >= 0.3 is 0 Å². The Morgan fingerprint density at radius 3 is 2.17 bits per heavy atom. The molecule has 150 valence electrons. The minimum atomic E-state index is -0.220. The van der Waals surface area contributed by atoms with E-state index in [1.807, 2.05) is 31.2 Å². The van der Waals surface area contributed by atoms with Gasteiger partial charge in [-0.05, 0) is 79.0 Å². The Kier molecular flexibility index (Phi) is 3.61. The van der Waals surface area contributed by atoms with Gasteiger partial charge in [0.15, 0.2) is 0 Å². The van der Waals surface area contributed by atoms with Gasteiger partial charge in [0.05, 0.1) is 17.5 Å². The zero-order valence-corrected chi connectivity index (χ0v) is 16.6. The molecule has 1 N–H and O–H groups in total. The molecule has 2 aromatic rings. The van der Waals surface area contributed by atoms with E-state index in [4.69, 9.17) is 0 Å². The Balaban J connectivity index is 1.23. The van der Waals surface area contributed by atoms with E-state index in [0.29, 0.717) is 23.1 Å². The van der Waals surface area contributed by atoms with E-state index in [1.165, 1.54) is 4.90 Å². The number of hydrogen-bond donors (Lipinski definition) is 1. The number of aryl methyl sites for hydroxylation is 1. The second kappa shape index (κ2) is 6.14. The third-order valence-corrected chi connectivity index (χ3v) is 7.33. The number of benzene rings is 2. The number of nitrogens with one attached hydrogen (secondary N) is 1. The smallest absolute Gasteiger partial charge is 0.255 e. The van der Waals surface area contributed by atoms with Crippen molar-refractivity contribution in [3.63, 3.8) is 0 Å². The minimum absolute atomic E-state index is 0.0772. The summed E-state index contributed by atoms with van der Waals surface area (Å²) in [6.45, 7) is 1.97. The first-order valence-corrected chi connectivity index (χ1v) is 10.6. The third kappa shape index (κ3) is 2.44. The van der Waals surface area contributed by atoms with Crippen molar-refractivity contribution in [2.75, 3.05) is 10.2 Å². The molecule has 5 aliphatic rings. The van der Waals surface area contributed by atoms with Crippen LogP contribution < -0.4 is 10.2 Å². The Morgan fingerprint density at radius 1 is 0.933 bits per heavy atom. The monoisotopic (exact) mass is 398 g/mol. The highest BCUT2D eigenvalue weighted by molar-refractivity contribution is 6.22. The number of nitrogens with zero attached hydrogens (tertiary/aromatic N) is 1. The molecule has 0 radical (unpaired) electrons. The van der Waals surface area contributed by atoms with E-state index >= 15 is 0 Å². The summed E-state index contributed by atoms with van der Waals surface area (Å²) >= 11 is 0. The SMILES string of the molecule is Cc1cccc(NC(=O)c2ccc(N3C(=O)[C@@H]4[C@@H]5C=C[C@H]([C@H]6C[C@H]56)[C@@H]4C3=O)cc2)c1. The van der Waals surface area contributed by atoms with E-state index in [1.54, 1.807) is 24.3 Å². The molecule has 5 heteroatoms. The first-order valence-electron chi connectivity index (χ1n) is 10.6.